The fraction of sp³-hybridized carbons (Fsp3) is 0.182. The molecule has 68 valence electrons. The SMILES string of the molecule is C=CC1CO1.O=Cc1ccccc1. The van der Waals surface area contributed by atoms with Crippen molar-refractivity contribution in [3.05, 3.63) is 48.6 Å². The van der Waals surface area contributed by atoms with Crippen molar-refractivity contribution >= 4 is 6.29 Å². The van der Waals surface area contributed by atoms with Gasteiger partial charge >= 0.3 is 0 Å². The van der Waals surface area contributed by atoms with Crippen molar-refractivity contribution in [2.75, 3.05) is 6.61 Å². The van der Waals surface area contributed by atoms with Gasteiger partial charge in [-0.3, -0.25) is 4.79 Å². The first kappa shape index (κ1) is 9.68. The lowest BCUT2D eigenvalue weighted by molar-refractivity contribution is 0.112. The summed E-state index contributed by atoms with van der Waals surface area (Å²) in [6.45, 7) is 4.39. The minimum absolute atomic E-state index is 0.398. The summed E-state index contributed by atoms with van der Waals surface area (Å²) in [5, 5.41) is 0. The zero-order valence-electron chi connectivity index (χ0n) is 7.35. The van der Waals surface area contributed by atoms with Crippen LogP contribution in [0, 0.1) is 0 Å². The maximum Gasteiger partial charge on any atom is 0.150 e. The van der Waals surface area contributed by atoms with Crippen molar-refractivity contribution in [2.24, 2.45) is 0 Å². The van der Waals surface area contributed by atoms with E-state index in [0.717, 1.165) is 18.5 Å². The molecule has 1 aromatic carbocycles. The highest BCUT2D eigenvalue weighted by molar-refractivity contribution is 5.74. The Bertz CT molecular complexity index is 263. The summed E-state index contributed by atoms with van der Waals surface area (Å²) >= 11 is 0. The predicted molar refractivity (Wildman–Crippen MR) is 51.8 cm³/mol. The van der Waals surface area contributed by atoms with E-state index in [9.17, 15) is 4.79 Å². The van der Waals surface area contributed by atoms with Crippen LogP contribution in [-0.4, -0.2) is 19.0 Å². The van der Waals surface area contributed by atoms with E-state index >= 15 is 0 Å². The molecule has 1 saturated heterocycles. The van der Waals surface area contributed by atoms with Gasteiger partial charge in [-0.15, -0.1) is 6.58 Å². The van der Waals surface area contributed by atoms with Crippen LogP contribution in [-0.2, 0) is 4.74 Å². The molecule has 0 N–H and O–H groups in total. The molecule has 0 spiro atoms. The van der Waals surface area contributed by atoms with Crippen LogP contribution in [0.1, 0.15) is 10.4 Å². The van der Waals surface area contributed by atoms with Crippen molar-refractivity contribution in [3.8, 4) is 0 Å². The van der Waals surface area contributed by atoms with E-state index in [2.05, 4.69) is 6.58 Å². The zero-order valence-corrected chi connectivity index (χ0v) is 7.35. The molecule has 0 aromatic heterocycles. The number of aldehydes is 1. The molecule has 2 nitrogen and oxygen atoms in total. The molecule has 1 atom stereocenters. The lowest BCUT2D eigenvalue weighted by atomic mass is 10.2. The van der Waals surface area contributed by atoms with E-state index in [1.165, 1.54) is 0 Å². The van der Waals surface area contributed by atoms with Crippen LogP contribution in [0.3, 0.4) is 0 Å². The summed E-state index contributed by atoms with van der Waals surface area (Å²) in [4.78, 5) is 10.0. The molecule has 0 bridgehead atoms. The third kappa shape index (κ3) is 4.23. The highest BCUT2D eigenvalue weighted by Crippen LogP contribution is 2.07. The Hall–Kier alpha value is -1.41. The minimum atomic E-state index is 0.398. The van der Waals surface area contributed by atoms with E-state index in [0.29, 0.717) is 6.10 Å². The number of epoxide rings is 1. The lowest BCUT2D eigenvalue weighted by Gasteiger charge is -1.81. The second kappa shape index (κ2) is 5.27. The van der Waals surface area contributed by atoms with Crippen LogP contribution in [0.25, 0.3) is 0 Å². The Balaban J connectivity index is 0.000000145. The summed E-state index contributed by atoms with van der Waals surface area (Å²) in [6.07, 6.45) is 3.04. The first-order valence-electron chi connectivity index (χ1n) is 4.11. The molecule has 1 aromatic rings. The quantitative estimate of drug-likeness (QED) is 0.392. The zero-order chi connectivity index (χ0) is 9.52. The van der Waals surface area contributed by atoms with Crippen LogP contribution in [0.2, 0.25) is 0 Å². The Labute approximate surface area is 77.8 Å². The third-order valence-electron chi connectivity index (χ3n) is 1.56. The monoisotopic (exact) mass is 176 g/mol. The molecule has 13 heavy (non-hydrogen) atoms. The molecular weight excluding hydrogens is 164 g/mol. The number of carbonyl (C=O) groups excluding carboxylic acids is 1. The fourth-order valence-electron chi connectivity index (χ4n) is 0.723. The summed E-state index contributed by atoms with van der Waals surface area (Å²) in [5.74, 6) is 0. The van der Waals surface area contributed by atoms with Crippen LogP contribution >= 0.6 is 0 Å². The summed E-state index contributed by atoms with van der Waals surface area (Å²) in [6, 6.07) is 9.10. The van der Waals surface area contributed by atoms with E-state index in [4.69, 9.17) is 4.74 Å². The number of ether oxygens (including phenoxy) is 1. The number of hydrogen-bond acceptors (Lipinski definition) is 2. The van der Waals surface area contributed by atoms with Gasteiger partial charge in [0.25, 0.3) is 0 Å². The molecule has 1 heterocycles. The molecule has 1 unspecified atom stereocenters. The van der Waals surface area contributed by atoms with Crippen molar-refractivity contribution < 1.29 is 9.53 Å². The minimum Gasteiger partial charge on any atom is -0.369 e. The van der Waals surface area contributed by atoms with Crippen LogP contribution in [0.4, 0.5) is 0 Å². The third-order valence-corrected chi connectivity index (χ3v) is 1.56. The number of rotatable bonds is 2. The van der Waals surface area contributed by atoms with Gasteiger partial charge < -0.3 is 4.74 Å². The Morgan fingerprint density at radius 1 is 1.38 bits per heavy atom. The summed E-state index contributed by atoms with van der Waals surface area (Å²) in [5.41, 5.74) is 0.729. The standard InChI is InChI=1S/C7H6O.C4H6O/c8-6-7-4-2-1-3-5-7;1-2-4-3-5-4/h1-6H;2,4H,1,3H2. The summed E-state index contributed by atoms with van der Waals surface area (Å²) in [7, 11) is 0. The highest BCUT2D eigenvalue weighted by atomic mass is 16.6. The van der Waals surface area contributed by atoms with E-state index < -0.39 is 0 Å². The second-order valence-corrected chi connectivity index (χ2v) is 2.64. The van der Waals surface area contributed by atoms with Crippen molar-refractivity contribution in [1.29, 1.82) is 0 Å². The molecule has 0 amide bonds. The second-order valence-electron chi connectivity index (χ2n) is 2.64. The average molecular weight is 176 g/mol. The van der Waals surface area contributed by atoms with Crippen LogP contribution < -0.4 is 0 Å². The van der Waals surface area contributed by atoms with Crippen LogP contribution in [0.5, 0.6) is 0 Å². The normalized spacial score (nSPS) is 18.0. The smallest absolute Gasteiger partial charge is 0.150 e. The van der Waals surface area contributed by atoms with Gasteiger partial charge in [0.05, 0.1) is 12.7 Å². The Morgan fingerprint density at radius 2 is 2.00 bits per heavy atom. The van der Waals surface area contributed by atoms with Crippen molar-refractivity contribution in [1.82, 2.24) is 0 Å². The first-order valence-corrected chi connectivity index (χ1v) is 4.11. The average Bonchev–Trinajstić information content (AvgIpc) is 3.03. The molecule has 2 rings (SSSR count). The fourth-order valence-corrected chi connectivity index (χ4v) is 0.723. The molecule has 0 radical (unpaired) electrons. The molecule has 0 aliphatic carbocycles. The molecule has 0 saturated carbocycles. The maximum absolute atomic E-state index is 10.0. The topological polar surface area (TPSA) is 29.6 Å². The molecule has 1 aliphatic heterocycles. The number of carbonyl (C=O) groups is 1. The highest BCUT2D eigenvalue weighted by Gasteiger charge is 2.16. The molecule has 1 aliphatic rings. The number of benzene rings is 1. The van der Waals surface area contributed by atoms with Gasteiger partial charge in [-0.1, -0.05) is 36.4 Å². The molecule has 2 heteroatoms. The van der Waals surface area contributed by atoms with Gasteiger partial charge in [0.1, 0.15) is 6.29 Å². The van der Waals surface area contributed by atoms with E-state index in [1.54, 1.807) is 18.2 Å². The lowest BCUT2D eigenvalue weighted by Crippen LogP contribution is -1.73. The first-order chi connectivity index (χ1) is 6.36. The van der Waals surface area contributed by atoms with Gasteiger partial charge in [-0.25, -0.2) is 0 Å². The van der Waals surface area contributed by atoms with Gasteiger partial charge in [0, 0.05) is 5.56 Å². The predicted octanol–water partition coefficient (Wildman–Crippen LogP) is 2.07. The van der Waals surface area contributed by atoms with Gasteiger partial charge in [0.2, 0.25) is 0 Å². The molecule has 1 fully saturated rings. The summed E-state index contributed by atoms with van der Waals surface area (Å²) < 4.78 is 4.74. The maximum atomic E-state index is 10.0. The van der Waals surface area contributed by atoms with Crippen molar-refractivity contribution in [3.63, 3.8) is 0 Å². The largest absolute Gasteiger partial charge is 0.369 e. The van der Waals surface area contributed by atoms with E-state index in [-0.39, 0.29) is 0 Å². The Kier molecular flexibility index (Phi) is 3.93. The van der Waals surface area contributed by atoms with Crippen molar-refractivity contribution in [2.45, 2.75) is 6.10 Å². The van der Waals surface area contributed by atoms with E-state index in [1.807, 2.05) is 18.2 Å². The van der Waals surface area contributed by atoms with Crippen LogP contribution in [0.15, 0.2) is 43.0 Å². The van der Waals surface area contributed by atoms with Gasteiger partial charge in [-0.2, -0.15) is 0 Å². The number of hydrogen-bond donors (Lipinski definition) is 0. The van der Waals surface area contributed by atoms with Gasteiger partial charge in [0.15, 0.2) is 0 Å². The Morgan fingerprint density at radius 3 is 2.23 bits per heavy atom. The molecular formula is C11H12O2. The van der Waals surface area contributed by atoms with Gasteiger partial charge in [-0.05, 0) is 0 Å².